The lowest BCUT2D eigenvalue weighted by Crippen LogP contribution is -2.32. The minimum Gasteiger partial charge on any atom is -0.349 e. The Morgan fingerprint density at radius 3 is 2.50 bits per heavy atom. The van der Waals surface area contributed by atoms with Crippen molar-refractivity contribution in [3.05, 3.63) is 42.5 Å². The summed E-state index contributed by atoms with van der Waals surface area (Å²) < 4.78 is 0. The van der Waals surface area contributed by atoms with Gasteiger partial charge in [-0.1, -0.05) is 18.2 Å². The molecule has 0 aromatic heterocycles. The van der Waals surface area contributed by atoms with Crippen LogP contribution in [0.5, 0.6) is 0 Å². The van der Waals surface area contributed by atoms with E-state index in [1.54, 1.807) is 30.3 Å². The molecule has 2 N–H and O–H groups in total. The number of likely N-dealkylation sites (tertiary alicyclic amines) is 1. The molecule has 0 aliphatic carbocycles. The third kappa shape index (κ3) is 4.28. The quantitative estimate of drug-likeness (QED) is 0.578. The molecule has 1 aromatic carbocycles. The van der Waals surface area contributed by atoms with E-state index < -0.39 is 0 Å². The third-order valence-electron chi connectivity index (χ3n) is 3.57. The molecule has 126 valence electrons. The van der Waals surface area contributed by atoms with Gasteiger partial charge in [0.1, 0.15) is 0 Å². The van der Waals surface area contributed by atoms with E-state index in [2.05, 4.69) is 17.2 Å². The molecule has 7 heteroatoms. The van der Waals surface area contributed by atoms with Crippen molar-refractivity contribution < 1.29 is 19.2 Å². The van der Waals surface area contributed by atoms with Gasteiger partial charge in [-0.05, 0) is 12.1 Å². The average molecular weight is 329 g/mol. The molecule has 0 saturated carbocycles. The maximum atomic E-state index is 12.1. The lowest BCUT2D eigenvalue weighted by atomic mass is 10.1. The number of amides is 4. The molecule has 2 rings (SSSR count). The number of anilines is 1. The van der Waals surface area contributed by atoms with E-state index in [-0.39, 0.29) is 49.4 Å². The number of nitrogens with zero attached hydrogens (tertiary/aromatic N) is 1. The zero-order chi connectivity index (χ0) is 17.5. The molecule has 1 aromatic rings. The first-order valence-electron chi connectivity index (χ1n) is 7.64. The van der Waals surface area contributed by atoms with Gasteiger partial charge in [-0.2, -0.15) is 0 Å². The second-order valence-electron chi connectivity index (χ2n) is 5.28. The first-order chi connectivity index (χ1) is 11.5. The number of hydrogen-bond donors (Lipinski definition) is 2. The highest BCUT2D eigenvalue weighted by molar-refractivity contribution is 6.04. The summed E-state index contributed by atoms with van der Waals surface area (Å²) in [4.78, 5) is 48.2. The third-order valence-corrected chi connectivity index (χ3v) is 3.57. The number of carbonyl (C=O) groups is 4. The number of benzene rings is 1. The molecule has 0 radical (unpaired) electrons. The smallest absolute Gasteiger partial charge is 0.253 e. The van der Waals surface area contributed by atoms with Crippen LogP contribution in [0.4, 0.5) is 5.69 Å². The van der Waals surface area contributed by atoms with Crippen LogP contribution in [0, 0.1) is 0 Å². The molecule has 0 unspecified atom stereocenters. The van der Waals surface area contributed by atoms with Gasteiger partial charge in [0.2, 0.25) is 17.7 Å². The fourth-order valence-corrected chi connectivity index (χ4v) is 2.35. The van der Waals surface area contributed by atoms with Gasteiger partial charge < -0.3 is 10.6 Å². The van der Waals surface area contributed by atoms with E-state index in [4.69, 9.17) is 0 Å². The lowest BCUT2D eigenvalue weighted by molar-refractivity contribution is -0.138. The predicted molar refractivity (Wildman–Crippen MR) is 88.2 cm³/mol. The molecule has 1 aliphatic rings. The van der Waals surface area contributed by atoms with Crippen LogP contribution < -0.4 is 10.6 Å². The summed E-state index contributed by atoms with van der Waals surface area (Å²) in [6.45, 7) is 3.90. The highest BCUT2D eigenvalue weighted by Crippen LogP contribution is 2.16. The topological polar surface area (TPSA) is 95.6 Å². The Hall–Kier alpha value is -2.96. The molecule has 1 saturated heterocycles. The summed E-state index contributed by atoms with van der Waals surface area (Å²) in [6.07, 6.45) is 1.95. The largest absolute Gasteiger partial charge is 0.349 e. The van der Waals surface area contributed by atoms with Crippen LogP contribution in [0.1, 0.15) is 29.6 Å². The molecule has 1 aliphatic heterocycles. The van der Waals surface area contributed by atoms with Crippen LogP contribution in [-0.4, -0.2) is 41.6 Å². The Morgan fingerprint density at radius 1 is 1.17 bits per heavy atom. The standard InChI is InChI=1S/C17H19N3O4/c1-2-10-18-17(24)12-5-3-4-6-13(12)19-14(21)9-11-20-15(22)7-8-16(20)23/h2-6H,1,7-11H2,(H,18,24)(H,19,21). The van der Waals surface area contributed by atoms with Gasteiger partial charge in [0.15, 0.2) is 0 Å². The van der Waals surface area contributed by atoms with Crippen LogP contribution in [0.3, 0.4) is 0 Å². The minimum absolute atomic E-state index is 0.0138. The van der Waals surface area contributed by atoms with Gasteiger partial charge >= 0.3 is 0 Å². The second-order valence-corrected chi connectivity index (χ2v) is 5.28. The van der Waals surface area contributed by atoms with Crippen molar-refractivity contribution in [3.8, 4) is 0 Å². The van der Waals surface area contributed by atoms with Crippen molar-refractivity contribution >= 4 is 29.3 Å². The number of nitrogens with one attached hydrogen (secondary N) is 2. The Labute approximate surface area is 139 Å². The van der Waals surface area contributed by atoms with Crippen LogP contribution in [0.15, 0.2) is 36.9 Å². The normalized spacial score (nSPS) is 13.8. The first-order valence-corrected chi connectivity index (χ1v) is 7.64. The van der Waals surface area contributed by atoms with Gasteiger partial charge in [-0.3, -0.25) is 24.1 Å². The number of imide groups is 1. The number of para-hydroxylation sites is 1. The van der Waals surface area contributed by atoms with Crippen molar-refractivity contribution in [2.75, 3.05) is 18.4 Å². The zero-order valence-corrected chi connectivity index (χ0v) is 13.2. The summed E-state index contributed by atoms with van der Waals surface area (Å²) in [5.41, 5.74) is 0.712. The molecular formula is C17H19N3O4. The van der Waals surface area contributed by atoms with Crippen LogP contribution >= 0.6 is 0 Å². The molecule has 24 heavy (non-hydrogen) atoms. The monoisotopic (exact) mass is 329 g/mol. The van der Waals surface area contributed by atoms with Gasteiger partial charge in [-0.25, -0.2) is 0 Å². The summed E-state index contributed by atoms with van der Waals surface area (Å²) >= 11 is 0. The number of carbonyl (C=O) groups excluding carboxylic acids is 4. The molecule has 1 fully saturated rings. The molecule has 4 amide bonds. The van der Waals surface area contributed by atoms with E-state index in [1.165, 1.54) is 0 Å². The van der Waals surface area contributed by atoms with Crippen molar-refractivity contribution in [2.45, 2.75) is 19.3 Å². The van der Waals surface area contributed by atoms with Gasteiger partial charge in [0.05, 0.1) is 11.3 Å². The summed E-state index contributed by atoms with van der Waals surface area (Å²) in [6, 6.07) is 6.61. The Morgan fingerprint density at radius 2 is 1.83 bits per heavy atom. The van der Waals surface area contributed by atoms with Gasteiger partial charge in [-0.15, -0.1) is 6.58 Å². The number of hydrogen-bond acceptors (Lipinski definition) is 4. The van der Waals surface area contributed by atoms with Crippen LogP contribution in [0.25, 0.3) is 0 Å². The van der Waals surface area contributed by atoms with Gasteiger partial charge in [0, 0.05) is 32.4 Å². The van der Waals surface area contributed by atoms with Crippen LogP contribution in [-0.2, 0) is 14.4 Å². The number of rotatable bonds is 7. The maximum absolute atomic E-state index is 12.1. The zero-order valence-electron chi connectivity index (χ0n) is 13.2. The molecule has 0 spiro atoms. The summed E-state index contributed by atoms with van der Waals surface area (Å²) in [5.74, 6) is -1.20. The van der Waals surface area contributed by atoms with Crippen LogP contribution in [0.2, 0.25) is 0 Å². The van der Waals surface area contributed by atoms with Crippen molar-refractivity contribution in [2.24, 2.45) is 0 Å². The first kappa shape index (κ1) is 17.4. The molecule has 0 atom stereocenters. The molecular weight excluding hydrogens is 310 g/mol. The van der Waals surface area contributed by atoms with E-state index in [1.807, 2.05) is 0 Å². The van der Waals surface area contributed by atoms with Gasteiger partial charge in [0.25, 0.3) is 5.91 Å². The van der Waals surface area contributed by atoms with Crippen molar-refractivity contribution in [3.63, 3.8) is 0 Å². The Kier molecular flexibility index (Phi) is 5.83. The molecule has 1 heterocycles. The minimum atomic E-state index is -0.369. The second kappa shape index (κ2) is 8.05. The fourth-order valence-electron chi connectivity index (χ4n) is 2.35. The molecule has 7 nitrogen and oxygen atoms in total. The Bertz CT molecular complexity index is 668. The SMILES string of the molecule is C=CCNC(=O)c1ccccc1NC(=O)CCN1C(=O)CCC1=O. The predicted octanol–water partition coefficient (Wildman–Crippen LogP) is 1.08. The Balaban J connectivity index is 1.96. The highest BCUT2D eigenvalue weighted by atomic mass is 16.2. The maximum Gasteiger partial charge on any atom is 0.253 e. The fraction of sp³-hybridized carbons (Fsp3) is 0.294. The van der Waals surface area contributed by atoms with Crippen molar-refractivity contribution in [1.29, 1.82) is 0 Å². The van der Waals surface area contributed by atoms with E-state index >= 15 is 0 Å². The van der Waals surface area contributed by atoms with E-state index in [9.17, 15) is 19.2 Å². The molecule has 0 bridgehead atoms. The average Bonchev–Trinajstić information content (AvgIpc) is 2.89. The van der Waals surface area contributed by atoms with Crippen molar-refractivity contribution in [1.82, 2.24) is 10.2 Å². The highest BCUT2D eigenvalue weighted by Gasteiger charge is 2.28. The van der Waals surface area contributed by atoms with E-state index in [0.717, 1.165) is 4.90 Å². The summed E-state index contributed by atoms with van der Waals surface area (Å²) in [5, 5.41) is 5.29. The lowest BCUT2D eigenvalue weighted by Gasteiger charge is -2.14. The summed E-state index contributed by atoms with van der Waals surface area (Å²) in [7, 11) is 0. The van der Waals surface area contributed by atoms with E-state index in [0.29, 0.717) is 17.8 Å².